The van der Waals surface area contributed by atoms with E-state index in [1.807, 2.05) is 24.3 Å². The van der Waals surface area contributed by atoms with Crippen molar-refractivity contribution in [1.82, 2.24) is 0 Å². The smallest absolute Gasteiger partial charge is 0.236 e. The Morgan fingerprint density at radius 2 is 1.62 bits per heavy atom. The molecule has 0 unspecified atom stereocenters. The van der Waals surface area contributed by atoms with Gasteiger partial charge in [0.2, 0.25) is 5.78 Å². The molecule has 1 N–H and O–H groups in total. The lowest BCUT2D eigenvalue weighted by atomic mass is 10.0. The highest BCUT2D eigenvalue weighted by Crippen LogP contribution is 2.41. The van der Waals surface area contributed by atoms with Gasteiger partial charge in [0.05, 0.1) is 21.3 Å². The van der Waals surface area contributed by atoms with Crippen LogP contribution in [-0.2, 0) is 6.42 Å². The number of carbonyl (C=O) groups excluding carboxylic acids is 2. The minimum atomic E-state index is -1.63. The molecule has 2 aliphatic rings. The van der Waals surface area contributed by atoms with E-state index in [0.717, 1.165) is 41.0 Å². The van der Waals surface area contributed by atoms with Crippen molar-refractivity contribution in [2.45, 2.75) is 52.1 Å². The van der Waals surface area contributed by atoms with Crippen LogP contribution >= 0.6 is 0 Å². The van der Waals surface area contributed by atoms with Gasteiger partial charge in [-0.25, -0.2) is 0 Å². The van der Waals surface area contributed by atoms with Crippen LogP contribution in [0.4, 0.5) is 0 Å². The van der Waals surface area contributed by atoms with E-state index in [1.54, 1.807) is 18.2 Å². The van der Waals surface area contributed by atoms with E-state index in [9.17, 15) is 9.59 Å². The summed E-state index contributed by atoms with van der Waals surface area (Å²) in [5, 5.41) is 9.93. The summed E-state index contributed by atoms with van der Waals surface area (Å²) in [5.74, 6) is 14.6. The predicted octanol–water partition coefficient (Wildman–Crippen LogP) is 5.87. The van der Waals surface area contributed by atoms with Gasteiger partial charge in [0.15, 0.2) is 5.78 Å². The van der Waals surface area contributed by atoms with Gasteiger partial charge in [0.1, 0.15) is 13.8 Å². The summed E-state index contributed by atoms with van der Waals surface area (Å²) < 4.78 is 5.82. The molecule has 4 nitrogen and oxygen atoms in total. The molecule has 0 amide bonds. The topological polar surface area (TPSA) is 63.6 Å². The van der Waals surface area contributed by atoms with Crippen molar-refractivity contribution in [3.8, 4) is 52.0 Å². The Hall–Kier alpha value is -4.13. The van der Waals surface area contributed by atoms with Crippen LogP contribution in [0.3, 0.4) is 0 Å². The molecule has 0 saturated carbocycles. The fourth-order valence-electron chi connectivity index (χ4n) is 5.03. The first-order valence-corrected chi connectivity index (χ1v) is 21.2. The lowest BCUT2D eigenvalue weighted by Gasteiger charge is -2.23. The van der Waals surface area contributed by atoms with E-state index in [2.05, 4.69) is 86.6 Å². The van der Waals surface area contributed by atoms with Gasteiger partial charge in [0.25, 0.3) is 0 Å². The Labute approximate surface area is 251 Å². The summed E-state index contributed by atoms with van der Waals surface area (Å²) in [6.45, 7) is 14.0. The number of hydrogen-bond donors (Lipinski definition) is 1. The number of aliphatic hydroxyl groups excluding tert-OH is 1. The lowest BCUT2D eigenvalue weighted by molar-refractivity contribution is 0.104. The Balaban J connectivity index is 0.000000193. The predicted molar refractivity (Wildman–Crippen MR) is 176 cm³/mol. The minimum absolute atomic E-state index is 0.0238. The largest absolute Gasteiger partial charge is 0.493 e. The summed E-state index contributed by atoms with van der Waals surface area (Å²) in [7, 11) is -3.20. The average molecular weight is 589 g/mol. The molecular weight excluding hydrogens is 553 g/mol. The first kappa shape index (κ1) is 30.8. The number of fused-ring (bicyclic) bond motifs is 4. The molecule has 5 rings (SSSR count). The number of aliphatic hydroxyl groups is 1. The third-order valence-electron chi connectivity index (χ3n) is 6.75. The van der Waals surface area contributed by atoms with E-state index < -0.39 is 16.1 Å². The highest BCUT2D eigenvalue weighted by atomic mass is 28.3. The van der Waals surface area contributed by atoms with E-state index in [-0.39, 0.29) is 18.2 Å². The number of rotatable bonds is 3. The molecule has 0 radical (unpaired) electrons. The molecule has 3 aromatic rings. The van der Waals surface area contributed by atoms with E-state index in [0.29, 0.717) is 17.5 Å². The summed E-state index contributed by atoms with van der Waals surface area (Å²) >= 11 is 0. The lowest BCUT2D eigenvalue weighted by Crippen LogP contribution is -2.43. The van der Waals surface area contributed by atoms with Crippen LogP contribution in [0.2, 0.25) is 39.3 Å². The molecule has 1 aliphatic heterocycles. The molecule has 6 heteroatoms. The minimum Gasteiger partial charge on any atom is -0.493 e. The van der Waals surface area contributed by atoms with Gasteiger partial charge in [-0.2, -0.15) is 0 Å². The SMILES string of the molecule is C[Si](C)(C)C#CC(=O)c1ccccc1C#CC#CCCO.C[Si](C)(C)c1c2c(cc3c1C(=O)c1ccccc1-3)OCC2. The monoisotopic (exact) mass is 588 g/mol. The second-order valence-electron chi connectivity index (χ2n) is 12.3. The van der Waals surface area contributed by atoms with Gasteiger partial charge in [-0.15, -0.1) is 5.54 Å². The van der Waals surface area contributed by atoms with Gasteiger partial charge in [-0.1, -0.05) is 87.5 Å². The molecule has 3 aromatic carbocycles. The third kappa shape index (κ3) is 7.01. The van der Waals surface area contributed by atoms with Crippen LogP contribution in [0.1, 0.15) is 43.8 Å². The first-order chi connectivity index (χ1) is 19.9. The highest BCUT2D eigenvalue weighted by Gasteiger charge is 2.37. The molecule has 0 fully saturated rings. The number of Topliss-reactive ketones (excluding diaryl/α,β-unsaturated/α-hetero) is 1. The Bertz CT molecular complexity index is 1740. The van der Waals surface area contributed by atoms with Crippen molar-refractivity contribution in [2.24, 2.45) is 0 Å². The first-order valence-electron chi connectivity index (χ1n) is 14.2. The van der Waals surface area contributed by atoms with Crippen LogP contribution in [0.5, 0.6) is 5.75 Å². The molecule has 0 saturated heterocycles. The van der Waals surface area contributed by atoms with Gasteiger partial charge in [0, 0.05) is 35.1 Å². The Kier molecular flexibility index (Phi) is 9.40. The zero-order chi connectivity index (χ0) is 30.5. The van der Waals surface area contributed by atoms with Crippen molar-refractivity contribution in [2.75, 3.05) is 13.2 Å². The maximum Gasteiger partial charge on any atom is 0.236 e. The van der Waals surface area contributed by atoms with Gasteiger partial charge in [-0.3, -0.25) is 9.59 Å². The summed E-state index contributed by atoms with van der Waals surface area (Å²) in [5.41, 5.74) is 9.44. The van der Waals surface area contributed by atoms with Gasteiger partial charge in [-0.05, 0) is 57.8 Å². The van der Waals surface area contributed by atoms with Crippen molar-refractivity contribution in [3.05, 3.63) is 82.4 Å². The number of ketones is 2. The average Bonchev–Trinajstić information content (AvgIpc) is 3.52. The zero-order valence-electron chi connectivity index (χ0n) is 25.2. The maximum atomic E-state index is 12.9. The molecule has 212 valence electrons. The number of benzene rings is 3. The van der Waals surface area contributed by atoms with Gasteiger partial charge < -0.3 is 9.84 Å². The molecule has 42 heavy (non-hydrogen) atoms. The van der Waals surface area contributed by atoms with Crippen LogP contribution in [0.15, 0.2) is 54.6 Å². The van der Waals surface area contributed by atoms with E-state index >= 15 is 0 Å². The number of ether oxygens (including phenoxy) is 1. The Morgan fingerprint density at radius 1 is 0.929 bits per heavy atom. The third-order valence-corrected chi connectivity index (χ3v) is 9.68. The van der Waals surface area contributed by atoms with Gasteiger partial charge >= 0.3 is 0 Å². The number of carbonyl (C=O) groups is 2. The van der Waals surface area contributed by atoms with Crippen molar-refractivity contribution in [3.63, 3.8) is 0 Å². The molecule has 0 bridgehead atoms. The summed E-state index contributed by atoms with van der Waals surface area (Å²) in [6.07, 6.45) is 1.34. The van der Waals surface area contributed by atoms with Crippen molar-refractivity contribution in [1.29, 1.82) is 0 Å². The highest BCUT2D eigenvalue weighted by molar-refractivity contribution is 6.90. The standard InChI is InChI=1S/2C18H18O2Si/c1-21(2,3)18-13-8-9-20-15(13)10-14-11-6-4-5-7-12(11)17(19)16(14)18;1-21(2,3)15-13-18(20)17-12-8-7-11-16(17)10-6-4-5-9-14-19/h4-7,10H,8-9H2,1-3H3;7-8,11-12,19H,9,14H2,1-3H3. The molecule has 1 heterocycles. The second-order valence-corrected chi connectivity index (χ2v) is 22.0. The normalized spacial score (nSPS) is 12.4. The quantitative estimate of drug-likeness (QED) is 0.185. The summed E-state index contributed by atoms with van der Waals surface area (Å²) in [6, 6.07) is 17.2. The second kappa shape index (κ2) is 12.8. The fraction of sp³-hybridized carbons (Fsp3) is 0.278. The van der Waals surface area contributed by atoms with Crippen molar-refractivity contribution >= 4 is 32.9 Å². The molecule has 0 spiro atoms. The fourth-order valence-corrected chi connectivity index (χ4v) is 7.67. The van der Waals surface area contributed by atoms with Crippen molar-refractivity contribution < 1.29 is 19.4 Å². The van der Waals surface area contributed by atoms with Crippen LogP contribution in [-0.4, -0.2) is 46.0 Å². The van der Waals surface area contributed by atoms with Crippen LogP contribution in [0.25, 0.3) is 11.1 Å². The van der Waals surface area contributed by atoms with Crippen LogP contribution in [0, 0.1) is 35.1 Å². The number of hydrogen-bond acceptors (Lipinski definition) is 4. The van der Waals surface area contributed by atoms with E-state index in [1.165, 1.54) is 10.8 Å². The molecular formula is C36H36O4Si2. The molecule has 0 aromatic heterocycles. The van der Waals surface area contributed by atoms with E-state index in [4.69, 9.17) is 9.84 Å². The Morgan fingerprint density at radius 3 is 2.31 bits per heavy atom. The maximum absolute atomic E-state index is 12.9. The summed E-state index contributed by atoms with van der Waals surface area (Å²) in [4.78, 5) is 25.1. The zero-order valence-corrected chi connectivity index (χ0v) is 27.2. The molecule has 1 aliphatic carbocycles. The van der Waals surface area contributed by atoms with Crippen LogP contribution < -0.4 is 9.92 Å². The molecule has 0 atom stereocenters.